The standard InChI is InChI=1S/C20H22F3NO4S/c1-19(29(25,26)16-4-2-3-14(10-16)20(21,22)23)7-8-27-17(11-19)13-9-18(24-12-13)28-15-5-6-15/h2-4,9-10,15,17H,5-8,11-12H2,1H3. The number of ether oxygens (including phenoxy) is 2. The second-order valence-corrected chi connectivity index (χ2v) is 10.4. The van der Waals surface area contributed by atoms with Crippen LogP contribution < -0.4 is 0 Å². The summed E-state index contributed by atoms with van der Waals surface area (Å²) in [7, 11) is -4.01. The summed E-state index contributed by atoms with van der Waals surface area (Å²) < 4.78 is 75.9. The van der Waals surface area contributed by atoms with Gasteiger partial charge in [0, 0.05) is 12.7 Å². The maximum atomic E-state index is 13.3. The average molecular weight is 429 g/mol. The number of sulfone groups is 1. The Morgan fingerprint density at radius 3 is 2.72 bits per heavy atom. The molecule has 1 aliphatic carbocycles. The van der Waals surface area contributed by atoms with Crippen molar-refractivity contribution in [2.24, 2.45) is 4.99 Å². The molecule has 5 nitrogen and oxygen atoms in total. The minimum Gasteiger partial charge on any atom is -0.475 e. The second kappa shape index (κ2) is 7.12. The lowest BCUT2D eigenvalue weighted by molar-refractivity contribution is -0.137. The lowest BCUT2D eigenvalue weighted by Crippen LogP contribution is -2.45. The van der Waals surface area contributed by atoms with Gasteiger partial charge in [0.15, 0.2) is 9.84 Å². The molecule has 1 aromatic rings. The fraction of sp³-hybridized carbons (Fsp3) is 0.550. The van der Waals surface area contributed by atoms with Crippen LogP contribution in [0.1, 0.15) is 38.2 Å². The van der Waals surface area contributed by atoms with Gasteiger partial charge in [0.2, 0.25) is 5.90 Å². The molecule has 0 radical (unpaired) electrons. The first-order valence-electron chi connectivity index (χ1n) is 9.54. The number of hydrogen-bond donors (Lipinski definition) is 0. The summed E-state index contributed by atoms with van der Waals surface area (Å²) in [6.07, 6.45) is -0.669. The van der Waals surface area contributed by atoms with Gasteiger partial charge < -0.3 is 9.47 Å². The molecular weight excluding hydrogens is 407 g/mol. The first-order chi connectivity index (χ1) is 13.6. The molecule has 3 aliphatic rings. The Hall–Kier alpha value is -1.87. The molecule has 2 atom stereocenters. The van der Waals surface area contributed by atoms with Gasteiger partial charge in [0.25, 0.3) is 0 Å². The topological polar surface area (TPSA) is 65.0 Å². The first-order valence-corrected chi connectivity index (χ1v) is 11.0. The molecule has 4 rings (SSSR count). The molecule has 0 aromatic heterocycles. The van der Waals surface area contributed by atoms with Crippen LogP contribution in [-0.2, 0) is 25.5 Å². The van der Waals surface area contributed by atoms with E-state index in [0.717, 1.165) is 30.5 Å². The molecule has 0 bridgehead atoms. The number of halogens is 3. The predicted molar refractivity (Wildman–Crippen MR) is 101 cm³/mol. The minimum absolute atomic E-state index is 0.156. The van der Waals surface area contributed by atoms with Crippen molar-refractivity contribution in [2.75, 3.05) is 13.2 Å². The summed E-state index contributed by atoms with van der Waals surface area (Å²) in [5.41, 5.74) is -0.134. The fourth-order valence-electron chi connectivity index (χ4n) is 3.62. The number of hydrogen-bond acceptors (Lipinski definition) is 5. The first kappa shape index (κ1) is 20.4. The van der Waals surface area contributed by atoms with Gasteiger partial charge in [0.1, 0.15) is 6.10 Å². The molecule has 9 heteroatoms. The molecule has 2 fully saturated rings. The van der Waals surface area contributed by atoms with E-state index in [1.165, 1.54) is 6.07 Å². The molecule has 0 N–H and O–H groups in total. The zero-order valence-corrected chi connectivity index (χ0v) is 16.7. The van der Waals surface area contributed by atoms with E-state index in [-0.39, 0.29) is 30.4 Å². The smallest absolute Gasteiger partial charge is 0.416 e. The third-order valence-corrected chi connectivity index (χ3v) is 8.18. The van der Waals surface area contributed by atoms with Crippen LogP contribution >= 0.6 is 0 Å². The molecule has 1 aromatic carbocycles. The van der Waals surface area contributed by atoms with Gasteiger partial charge >= 0.3 is 6.18 Å². The summed E-state index contributed by atoms with van der Waals surface area (Å²) >= 11 is 0. The quantitative estimate of drug-likeness (QED) is 0.728. The molecule has 2 unspecified atom stereocenters. The number of benzene rings is 1. The summed E-state index contributed by atoms with van der Waals surface area (Å²) in [4.78, 5) is 4.01. The van der Waals surface area contributed by atoms with E-state index in [2.05, 4.69) is 4.99 Å². The molecule has 1 saturated carbocycles. The second-order valence-electron chi connectivity index (χ2n) is 7.98. The third kappa shape index (κ3) is 4.07. The lowest BCUT2D eigenvalue weighted by Gasteiger charge is -2.38. The maximum Gasteiger partial charge on any atom is 0.416 e. The van der Waals surface area contributed by atoms with Gasteiger partial charge in [-0.3, -0.25) is 0 Å². The van der Waals surface area contributed by atoms with E-state index in [4.69, 9.17) is 9.47 Å². The molecule has 0 amide bonds. The Morgan fingerprint density at radius 1 is 1.28 bits per heavy atom. The summed E-state index contributed by atoms with van der Waals surface area (Å²) in [5, 5.41) is 0. The molecular formula is C20H22F3NO4S. The van der Waals surface area contributed by atoms with E-state index in [1.807, 2.05) is 0 Å². The van der Waals surface area contributed by atoms with Crippen LogP contribution in [0.4, 0.5) is 13.2 Å². The monoisotopic (exact) mass is 429 g/mol. The van der Waals surface area contributed by atoms with Crippen LogP contribution in [0.3, 0.4) is 0 Å². The van der Waals surface area contributed by atoms with Crippen molar-refractivity contribution in [1.29, 1.82) is 0 Å². The highest BCUT2D eigenvalue weighted by Crippen LogP contribution is 2.40. The fourth-order valence-corrected chi connectivity index (χ4v) is 5.45. The van der Waals surface area contributed by atoms with Crippen molar-refractivity contribution in [3.05, 3.63) is 41.5 Å². The van der Waals surface area contributed by atoms with Gasteiger partial charge in [-0.1, -0.05) is 6.07 Å². The van der Waals surface area contributed by atoms with Crippen molar-refractivity contribution in [2.45, 2.75) is 60.6 Å². The van der Waals surface area contributed by atoms with Crippen LogP contribution in [0.5, 0.6) is 0 Å². The predicted octanol–water partition coefficient (Wildman–Crippen LogP) is 3.93. The van der Waals surface area contributed by atoms with Gasteiger partial charge in [-0.15, -0.1) is 0 Å². The largest absolute Gasteiger partial charge is 0.475 e. The zero-order chi connectivity index (χ0) is 20.9. The number of aliphatic imine (C=N–C) groups is 1. The molecule has 29 heavy (non-hydrogen) atoms. The van der Waals surface area contributed by atoms with Gasteiger partial charge in [-0.2, -0.15) is 13.2 Å². The minimum atomic E-state index is -4.60. The van der Waals surface area contributed by atoms with Crippen molar-refractivity contribution in [1.82, 2.24) is 0 Å². The summed E-state index contributed by atoms with van der Waals surface area (Å²) in [6.45, 7) is 2.16. The van der Waals surface area contributed by atoms with Crippen molar-refractivity contribution >= 4 is 15.7 Å². The Kier molecular flexibility index (Phi) is 5.01. The van der Waals surface area contributed by atoms with Gasteiger partial charge in [-0.25, -0.2) is 13.4 Å². The van der Waals surface area contributed by atoms with Crippen LogP contribution in [0, 0.1) is 0 Å². The Balaban J connectivity index is 1.56. The molecule has 2 aliphatic heterocycles. The highest BCUT2D eigenvalue weighted by Gasteiger charge is 2.46. The van der Waals surface area contributed by atoms with Crippen molar-refractivity contribution < 1.29 is 31.1 Å². The Labute approximate surface area is 167 Å². The third-order valence-electron chi connectivity index (χ3n) is 5.64. The van der Waals surface area contributed by atoms with Crippen LogP contribution in [-0.4, -0.2) is 44.4 Å². The van der Waals surface area contributed by atoms with E-state index >= 15 is 0 Å². The highest BCUT2D eigenvalue weighted by atomic mass is 32.2. The maximum absolute atomic E-state index is 13.3. The van der Waals surface area contributed by atoms with E-state index < -0.39 is 32.4 Å². The number of rotatable bonds is 4. The molecule has 0 spiro atoms. The SMILES string of the molecule is CC1(S(=O)(=O)c2cccc(C(F)(F)F)c2)CCOC(C2=CC(OC3CC3)=NC2)C1. The van der Waals surface area contributed by atoms with E-state index in [1.54, 1.807) is 13.0 Å². The average Bonchev–Trinajstić information content (AvgIpc) is 3.35. The number of nitrogens with zero attached hydrogens (tertiary/aromatic N) is 1. The molecule has 2 heterocycles. The highest BCUT2D eigenvalue weighted by molar-refractivity contribution is 7.92. The lowest BCUT2D eigenvalue weighted by atomic mass is 9.92. The van der Waals surface area contributed by atoms with Crippen LogP contribution in [0.15, 0.2) is 45.8 Å². The molecule has 158 valence electrons. The van der Waals surface area contributed by atoms with Crippen LogP contribution in [0.2, 0.25) is 0 Å². The van der Waals surface area contributed by atoms with Crippen LogP contribution in [0.25, 0.3) is 0 Å². The van der Waals surface area contributed by atoms with Gasteiger partial charge in [0.05, 0.1) is 27.9 Å². The van der Waals surface area contributed by atoms with Crippen molar-refractivity contribution in [3.8, 4) is 0 Å². The van der Waals surface area contributed by atoms with E-state index in [0.29, 0.717) is 18.5 Å². The number of alkyl halides is 3. The summed E-state index contributed by atoms with van der Waals surface area (Å²) in [5.74, 6) is 0.541. The molecule has 1 saturated heterocycles. The zero-order valence-electron chi connectivity index (χ0n) is 15.9. The normalized spacial score (nSPS) is 28.1. The Bertz CT molecular complexity index is 966. The van der Waals surface area contributed by atoms with Crippen molar-refractivity contribution in [3.63, 3.8) is 0 Å². The van der Waals surface area contributed by atoms with Gasteiger partial charge in [-0.05, 0) is 56.4 Å². The summed E-state index contributed by atoms with van der Waals surface area (Å²) in [6, 6.07) is 3.94. The van der Waals surface area contributed by atoms with E-state index in [9.17, 15) is 21.6 Å². The Morgan fingerprint density at radius 2 is 2.03 bits per heavy atom.